The van der Waals surface area contributed by atoms with E-state index in [-0.39, 0.29) is 5.02 Å². The van der Waals surface area contributed by atoms with Crippen LogP contribution < -0.4 is 0 Å². The van der Waals surface area contributed by atoms with Crippen LogP contribution in [0.5, 0.6) is 0 Å². The van der Waals surface area contributed by atoms with Gasteiger partial charge < -0.3 is 10.2 Å². The maximum atomic E-state index is 13.2. The molecule has 1 aliphatic heterocycles. The van der Waals surface area contributed by atoms with E-state index in [9.17, 15) is 14.6 Å². The van der Waals surface area contributed by atoms with Crippen LogP contribution in [0.1, 0.15) is 12.0 Å². The second-order valence-corrected chi connectivity index (χ2v) is 4.89. The molecule has 2 atom stereocenters. The maximum absolute atomic E-state index is 13.2. The molecule has 1 aromatic carbocycles. The fourth-order valence-corrected chi connectivity index (χ4v) is 2.28. The summed E-state index contributed by atoms with van der Waals surface area (Å²) in [5, 5.41) is 19.2. The number of nitrogens with zero attached hydrogens (tertiary/aromatic N) is 1. The van der Waals surface area contributed by atoms with Crippen LogP contribution in [0.3, 0.4) is 0 Å². The van der Waals surface area contributed by atoms with Crippen LogP contribution in [-0.4, -0.2) is 40.4 Å². The van der Waals surface area contributed by atoms with Gasteiger partial charge in [0.15, 0.2) is 0 Å². The summed E-state index contributed by atoms with van der Waals surface area (Å²) < 4.78 is 13.2. The molecule has 0 aromatic heterocycles. The third-order valence-corrected chi connectivity index (χ3v) is 3.18. The van der Waals surface area contributed by atoms with Crippen LogP contribution in [0.15, 0.2) is 18.2 Å². The van der Waals surface area contributed by atoms with E-state index < -0.39 is 18.0 Å². The first-order valence-corrected chi connectivity index (χ1v) is 5.95. The predicted molar refractivity (Wildman–Crippen MR) is 63.3 cm³/mol. The average molecular weight is 260 g/mol. The Bertz CT molecular complexity index is 392. The van der Waals surface area contributed by atoms with Crippen LogP contribution >= 0.6 is 11.6 Å². The van der Waals surface area contributed by atoms with Gasteiger partial charge in [-0.3, -0.25) is 4.90 Å². The molecule has 94 valence electrons. The van der Waals surface area contributed by atoms with Crippen molar-refractivity contribution in [2.75, 3.05) is 13.1 Å². The van der Waals surface area contributed by atoms with Crippen LogP contribution in [0.2, 0.25) is 5.02 Å². The first-order valence-electron chi connectivity index (χ1n) is 5.57. The summed E-state index contributed by atoms with van der Waals surface area (Å²) in [6.45, 7) is 1.50. The molecule has 1 aromatic rings. The van der Waals surface area contributed by atoms with Crippen molar-refractivity contribution in [2.24, 2.45) is 0 Å². The van der Waals surface area contributed by atoms with Crippen molar-refractivity contribution in [3.8, 4) is 0 Å². The van der Waals surface area contributed by atoms with E-state index in [2.05, 4.69) is 0 Å². The van der Waals surface area contributed by atoms with Gasteiger partial charge in [0.05, 0.1) is 17.2 Å². The lowest BCUT2D eigenvalue weighted by molar-refractivity contribution is -0.0110. The smallest absolute Gasteiger partial charge is 0.142 e. The highest BCUT2D eigenvalue weighted by Crippen LogP contribution is 2.18. The molecular weight excluding hydrogens is 245 g/mol. The molecule has 1 saturated heterocycles. The minimum Gasteiger partial charge on any atom is -0.392 e. The highest BCUT2D eigenvalue weighted by molar-refractivity contribution is 6.30. The van der Waals surface area contributed by atoms with Crippen LogP contribution in [0.25, 0.3) is 0 Å². The highest BCUT2D eigenvalue weighted by atomic mass is 35.5. The molecule has 2 N–H and O–H groups in total. The zero-order valence-corrected chi connectivity index (χ0v) is 10.1. The third kappa shape index (κ3) is 3.39. The van der Waals surface area contributed by atoms with Gasteiger partial charge in [0, 0.05) is 26.1 Å². The summed E-state index contributed by atoms with van der Waals surface area (Å²) in [7, 11) is 0. The van der Waals surface area contributed by atoms with Crippen LogP contribution in [0.4, 0.5) is 4.39 Å². The fraction of sp³-hybridized carbons (Fsp3) is 0.500. The Kier molecular flexibility index (Phi) is 3.99. The molecule has 0 unspecified atom stereocenters. The van der Waals surface area contributed by atoms with E-state index in [1.807, 2.05) is 4.90 Å². The summed E-state index contributed by atoms with van der Waals surface area (Å²) >= 11 is 5.60. The SMILES string of the molecule is O[C@@H]1C[C@@H](O)CN(Cc2ccc(Cl)c(F)c2)C1. The third-order valence-electron chi connectivity index (χ3n) is 2.87. The van der Waals surface area contributed by atoms with Crippen molar-refractivity contribution in [3.63, 3.8) is 0 Å². The number of benzene rings is 1. The normalized spacial score (nSPS) is 26.1. The van der Waals surface area contributed by atoms with E-state index >= 15 is 0 Å². The molecule has 1 fully saturated rings. The molecular formula is C12H15ClFNO2. The summed E-state index contributed by atoms with van der Waals surface area (Å²) in [6.07, 6.45) is -0.627. The number of β-amino-alcohol motifs (C(OH)–C–C–N with tert-alkyl or cyclic N) is 2. The molecule has 5 heteroatoms. The van der Waals surface area contributed by atoms with Crippen molar-refractivity contribution < 1.29 is 14.6 Å². The predicted octanol–water partition coefficient (Wildman–Crippen LogP) is 1.41. The standard InChI is InChI=1S/C12H15ClFNO2/c13-11-2-1-8(3-12(11)14)5-15-6-9(16)4-10(17)7-15/h1-3,9-10,16-17H,4-7H2/t9-,10-/m1/s1. The topological polar surface area (TPSA) is 43.7 Å². The zero-order chi connectivity index (χ0) is 12.4. The number of aliphatic hydroxyl groups excluding tert-OH is 2. The zero-order valence-electron chi connectivity index (χ0n) is 9.31. The van der Waals surface area contributed by atoms with Gasteiger partial charge in [-0.2, -0.15) is 0 Å². The molecule has 0 amide bonds. The van der Waals surface area contributed by atoms with Gasteiger partial charge in [0.25, 0.3) is 0 Å². The van der Waals surface area contributed by atoms with Crippen LogP contribution in [0, 0.1) is 5.82 Å². The van der Waals surface area contributed by atoms with Gasteiger partial charge in [-0.05, 0) is 17.7 Å². The van der Waals surface area contributed by atoms with Crippen molar-refractivity contribution in [1.29, 1.82) is 0 Å². The second-order valence-electron chi connectivity index (χ2n) is 4.49. The molecule has 0 aliphatic carbocycles. The van der Waals surface area contributed by atoms with Crippen molar-refractivity contribution in [1.82, 2.24) is 4.90 Å². The Morgan fingerprint density at radius 2 is 1.94 bits per heavy atom. The van der Waals surface area contributed by atoms with Crippen molar-refractivity contribution >= 4 is 11.6 Å². The van der Waals surface area contributed by atoms with Gasteiger partial charge in [0.2, 0.25) is 0 Å². The number of halogens is 2. The molecule has 2 rings (SSSR count). The molecule has 17 heavy (non-hydrogen) atoms. The van der Waals surface area contributed by atoms with Gasteiger partial charge in [-0.1, -0.05) is 17.7 Å². The molecule has 0 spiro atoms. The Morgan fingerprint density at radius 3 is 2.53 bits per heavy atom. The molecule has 0 saturated carbocycles. The van der Waals surface area contributed by atoms with Gasteiger partial charge in [-0.25, -0.2) is 4.39 Å². The summed E-state index contributed by atoms with van der Waals surface area (Å²) in [5.74, 6) is -0.442. The molecule has 3 nitrogen and oxygen atoms in total. The van der Waals surface area contributed by atoms with E-state index in [1.165, 1.54) is 12.1 Å². The monoisotopic (exact) mass is 259 g/mol. The Labute approximate surface area is 104 Å². The minimum atomic E-state index is -0.518. The van der Waals surface area contributed by atoms with E-state index in [0.29, 0.717) is 26.1 Å². The van der Waals surface area contributed by atoms with E-state index in [0.717, 1.165) is 5.56 Å². The van der Waals surface area contributed by atoms with Gasteiger partial charge in [-0.15, -0.1) is 0 Å². The molecule has 1 aliphatic rings. The largest absolute Gasteiger partial charge is 0.392 e. The highest BCUT2D eigenvalue weighted by Gasteiger charge is 2.24. The second kappa shape index (κ2) is 5.31. The average Bonchev–Trinajstić information content (AvgIpc) is 2.22. The molecule has 0 radical (unpaired) electrons. The lowest BCUT2D eigenvalue weighted by atomic mass is 10.0. The Hall–Kier alpha value is -0.680. The van der Waals surface area contributed by atoms with Gasteiger partial charge in [0.1, 0.15) is 5.82 Å². The van der Waals surface area contributed by atoms with Gasteiger partial charge >= 0.3 is 0 Å². The number of aliphatic hydroxyl groups is 2. The van der Waals surface area contributed by atoms with Crippen LogP contribution in [-0.2, 0) is 6.54 Å². The van der Waals surface area contributed by atoms with E-state index in [4.69, 9.17) is 11.6 Å². The molecule has 0 bridgehead atoms. The maximum Gasteiger partial charge on any atom is 0.142 e. The van der Waals surface area contributed by atoms with Crippen molar-refractivity contribution in [3.05, 3.63) is 34.6 Å². The first-order chi connectivity index (χ1) is 8.04. The van der Waals surface area contributed by atoms with E-state index in [1.54, 1.807) is 6.07 Å². The first kappa shape index (κ1) is 12.8. The quantitative estimate of drug-likeness (QED) is 0.844. The summed E-state index contributed by atoms with van der Waals surface area (Å²) in [4.78, 5) is 1.90. The Balaban J connectivity index is 2.02. The number of rotatable bonds is 2. The lowest BCUT2D eigenvalue weighted by Crippen LogP contribution is -2.45. The number of likely N-dealkylation sites (tertiary alicyclic amines) is 1. The molecule has 1 heterocycles. The number of hydrogen-bond acceptors (Lipinski definition) is 3. The summed E-state index contributed by atoms with van der Waals surface area (Å²) in [6, 6.07) is 4.65. The summed E-state index contributed by atoms with van der Waals surface area (Å²) in [5.41, 5.74) is 0.785. The lowest BCUT2D eigenvalue weighted by Gasteiger charge is -2.33. The Morgan fingerprint density at radius 1 is 1.29 bits per heavy atom. The number of hydrogen-bond donors (Lipinski definition) is 2. The number of piperidine rings is 1. The minimum absolute atomic E-state index is 0.104. The fourth-order valence-electron chi connectivity index (χ4n) is 2.16. The van der Waals surface area contributed by atoms with Crippen molar-refractivity contribution in [2.45, 2.75) is 25.2 Å².